The Hall–Kier alpha value is -2.98. The molecule has 1 fully saturated rings. The van der Waals surface area contributed by atoms with Gasteiger partial charge in [0, 0.05) is 19.5 Å². The lowest BCUT2D eigenvalue weighted by atomic mass is 9.96. The normalized spacial score (nSPS) is 15.6. The predicted molar refractivity (Wildman–Crippen MR) is 123 cm³/mol. The molecule has 0 bridgehead atoms. The van der Waals surface area contributed by atoms with Crippen LogP contribution in [0.25, 0.3) is 0 Å². The maximum absolute atomic E-state index is 13.3. The highest BCUT2D eigenvalue weighted by Gasteiger charge is 2.31. The van der Waals surface area contributed by atoms with E-state index in [1.807, 2.05) is 0 Å². The van der Waals surface area contributed by atoms with Crippen molar-refractivity contribution in [3.8, 4) is 5.75 Å². The summed E-state index contributed by atoms with van der Waals surface area (Å²) in [5.74, 6) is -0.677. The number of benzene rings is 2. The first-order valence-corrected chi connectivity index (χ1v) is 12.6. The second kappa shape index (κ2) is 11.4. The molecule has 1 saturated heterocycles. The molecule has 0 spiro atoms. The molecule has 0 aliphatic carbocycles. The molecule has 1 heterocycles. The van der Waals surface area contributed by atoms with E-state index in [9.17, 15) is 22.4 Å². The minimum atomic E-state index is -4.02. The molecule has 10 heteroatoms. The monoisotopic (exact) mass is 492 g/mol. The molecule has 1 amide bonds. The van der Waals surface area contributed by atoms with Crippen molar-refractivity contribution in [2.75, 3.05) is 26.8 Å². The van der Waals surface area contributed by atoms with Crippen LogP contribution in [-0.4, -0.2) is 52.0 Å². The van der Waals surface area contributed by atoms with E-state index in [0.29, 0.717) is 43.9 Å². The summed E-state index contributed by atoms with van der Waals surface area (Å²) in [5, 5.41) is 0. The van der Waals surface area contributed by atoms with Gasteiger partial charge >= 0.3 is 5.97 Å². The van der Waals surface area contributed by atoms with Crippen molar-refractivity contribution in [2.24, 2.45) is 5.92 Å². The number of carbonyl (C=O) groups excluding carboxylic acids is 2. The first-order valence-electron chi connectivity index (χ1n) is 11.1. The Bertz CT molecular complexity index is 1080. The van der Waals surface area contributed by atoms with Crippen LogP contribution >= 0.6 is 0 Å². The van der Waals surface area contributed by atoms with Gasteiger partial charge in [0.25, 0.3) is 0 Å². The Balaban J connectivity index is 1.75. The molecule has 0 saturated carbocycles. The topological polar surface area (TPSA) is 102 Å². The standard InChI is InChI=1S/C24H29FN2O6S/c1-3-33-24(29)18-12-14-27(15-13-18)23(28)16-22(17-4-8-20(32-2)9-5-17)26-34(30,31)21-10-6-19(25)7-11-21/h4-11,18,22,26H,3,12-16H2,1-2H3. The van der Waals surface area contributed by atoms with Gasteiger partial charge in [-0.2, -0.15) is 0 Å². The summed E-state index contributed by atoms with van der Waals surface area (Å²) in [7, 11) is -2.50. The zero-order valence-electron chi connectivity index (χ0n) is 19.2. The van der Waals surface area contributed by atoms with Gasteiger partial charge in [0.2, 0.25) is 15.9 Å². The van der Waals surface area contributed by atoms with Crippen molar-refractivity contribution in [3.05, 3.63) is 59.9 Å². The van der Waals surface area contributed by atoms with E-state index in [0.717, 1.165) is 12.1 Å². The maximum atomic E-state index is 13.3. The molecule has 34 heavy (non-hydrogen) atoms. The molecular formula is C24H29FN2O6S. The Morgan fingerprint density at radius 1 is 1.09 bits per heavy atom. The number of hydrogen-bond donors (Lipinski definition) is 1. The fraction of sp³-hybridized carbons (Fsp3) is 0.417. The molecule has 8 nitrogen and oxygen atoms in total. The molecule has 2 aromatic rings. The number of sulfonamides is 1. The van der Waals surface area contributed by atoms with Gasteiger partial charge in [-0.25, -0.2) is 17.5 Å². The lowest BCUT2D eigenvalue weighted by Gasteiger charge is -2.32. The van der Waals surface area contributed by atoms with Crippen molar-refractivity contribution >= 4 is 21.9 Å². The summed E-state index contributed by atoms with van der Waals surface area (Å²) in [4.78, 5) is 26.6. The van der Waals surface area contributed by atoms with Gasteiger partial charge in [-0.3, -0.25) is 9.59 Å². The molecule has 1 aliphatic heterocycles. The maximum Gasteiger partial charge on any atom is 0.309 e. The smallest absolute Gasteiger partial charge is 0.309 e. The summed E-state index contributed by atoms with van der Waals surface area (Å²) < 4.78 is 52.0. The zero-order chi connectivity index (χ0) is 24.7. The quantitative estimate of drug-likeness (QED) is 0.540. The van der Waals surface area contributed by atoms with E-state index in [4.69, 9.17) is 9.47 Å². The average Bonchev–Trinajstić information content (AvgIpc) is 2.84. The van der Waals surface area contributed by atoms with Gasteiger partial charge < -0.3 is 14.4 Å². The number of hydrogen-bond acceptors (Lipinski definition) is 6. The van der Waals surface area contributed by atoms with Gasteiger partial charge in [0.1, 0.15) is 11.6 Å². The van der Waals surface area contributed by atoms with Crippen LogP contribution in [0.5, 0.6) is 5.75 Å². The van der Waals surface area contributed by atoms with Crippen LogP contribution in [0.3, 0.4) is 0 Å². The second-order valence-electron chi connectivity index (χ2n) is 8.01. The van der Waals surface area contributed by atoms with Crippen LogP contribution in [-0.2, 0) is 24.3 Å². The Labute approximate surface area is 199 Å². The molecule has 1 unspecified atom stereocenters. The van der Waals surface area contributed by atoms with E-state index < -0.39 is 21.9 Å². The first kappa shape index (κ1) is 25.6. The van der Waals surface area contributed by atoms with Crippen molar-refractivity contribution in [1.29, 1.82) is 0 Å². The zero-order valence-corrected chi connectivity index (χ0v) is 20.0. The highest BCUT2D eigenvalue weighted by atomic mass is 32.2. The van der Waals surface area contributed by atoms with E-state index >= 15 is 0 Å². The number of nitrogens with zero attached hydrogens (tertiary/aromatic N) is 1. The number of nitrogens with one attached hydrogen (secondary N) is 1. The molecule has 2 aromatic carbocycles. The van der Waals surface area contributed by atoms with Gasteiger partial charge in [-0.05, 0) is 61.7 Å². The lowest BCUT2D eigenvalue weighted by Crippen LogP contribution is -2.42. The fourth-order valence-corrected chi connectivity index (χ4v) is 5.09. The van der Waals surface area contributed by atoms with Crippen LogP contribution in [0.2, 0.25) is 0 Å². The van der Waals surface area contributed by atoms with Crippen LogP contribution in [0, 0.1) is 11.7 Å². The lowest BCUT2D eigenvalue weighted by molar-refractivity contribution is -0.151. The third kappa shape index (κ3) is 6.54. The van der Waals surface area contributed by atoms with Gasteiger partial charge in [0.05, 0.1) is 30.6 Å². The van der Waals surface area contributed by atoms with E-state index in [2.05, 4.69) is 4.72 Å². The number of halogens is 1. The fourth-order valence-electron chi connectivity index (χ4n) is 3.86. The van der Waals surface area contributed by atoms with Gasteiger partial charge in [0.15, 0.2) is 0 Å². The Morgan fingerprint density at radius 3 is 2.26 bits per heavy atom. The summed E-state index contributed by atoms with van der Waals surface area (Å²) in [5.41, 5.74) is 0.584. The third-order valence-electron chi connectivity index (χ3n) is 5.79. The molecule has 0 aromatic heterocycles. The van der Waals surface area contributed by atoms with Crippen LogP contribution in [0.15, 0.2) is 53.4 Å². The predicted octanol–water partition coefficient (Wildman–Crippen LogP) is 3.05. The summed E-state index contributed by atoms with van der Waals surface area (Å²) in [6, 6.07) is 10.4. The number of likely N-dealkylation sites (tertiary alicyclic amines) is 1. The molecule has 3 rings (SSSR count). The number of carbonyl (C=O) groups is 2. The molecule has 1 N–H and O–H groups in total. The third-order valence-corrected chi connectivity index (χ3v) is 7.27. The van der Waals surface area contributed by atoms with Gasteiger partial charge in [-0.15, -0.1) is 0 Å². The first-order chi connectivity index (χ1) is 16.2. The molecular weight excluding hydrogens is 463 g/mol. The summed E-state index contributed by atoms with van der Waals surface area (Å²) in [6.45, 7) is 2.85. The molecule has 0 radical (unpaired) electrons. The molecule has 1 aliphatic rings. The van der Waals surface area contributed by atoms with Crippen molar-refractivity contribution in [2.45, 2.75) is 37.1 Å². The van der Waals surface area contributed by atoms with E-state index in [1.165, 1.54) is 19.2 Å². The minimum absolute atomic E-state index is 0.102. The Kier molecular flexibility index (Phi) is 8.62. The van der Waals surface area contributed by atoms with Crippen LogP contribution in [0.1, 0.15) is 37.8 Å². The number of rotatable bonds is 9. The number of methoxy groups -OCH3 is 1. The average molecular weight is 493 g/mol. The minimum Gasteiger partial charge on any atom is -0.497 e. The highest BCUT2D eigenvalue weighted by molar-refractivity contribution is 7.89. The summed E-state index contributed by atoms with van der Waals surface area (Å²) in [6.07, 6.45) is 0.884. The van der Waals surface area contributed by atoms with Crippen LogP contribution in [0.4, 0.5) is 4.39 Å². The number of ether oxygens (including phenoxy) is 2. The number of piperidine rings is 1. The largest absolute Gasteiger partial charge is 0.497 e. The summed E-state index contributed by atoms with van der Waals surface area (Å²) >= 11 is 0. The number of esters is 1. The van der Waals surface area contributed by atoms with Crippen molar-refractivity contribution < 1.29 is 31.9 Å². The van der Waals surface area contributed by atoms with E-state index in [-0.39, 0.29) is 29.1 Å². The number of amides is 1. The van der Waals surface area contributed by atoms with E-state index in [1.54, 1.807) is 36.1 Å². The SMILES string of the molecule is CCOC(=O)C1CCN(C(=O)CC(NS(=O)(=O)c2ccc(F)cc2)c2ccc(OC)cc2)CC1. The Morgan fingerprint density at radius 2 is 1.71 bits per heavy atom. The highest BCUT2D eigenvalue weighted by Crippen LogP contribution is 2.26. The van der Waals surface area contributed by atoms with Gasteiger partial charge in [-0.1, -0.05) is 12.1 Å². The second-order valence-corrected chi connectivity index (χ2v) is 9.73. The molecule has 184 valence electrons. The van der Waals surface area contributed by atoms with Crippen LogP contribution < -0.4 is 9.46 Å². The van der Waals surface area contributed by atoms with Crippen molar-refractivity contribution in [3.63, 3.8) is 0 Å². The molecule has 1 atom stereocenters. The van der Waals surface area contributed by atoms with Crippen molar-refractivity contribution in [1.82, 2.24) is 9.62 Å².